The van der Waals surface area contributed by atoms with Gasteiger partial charge in [0.05, 0.1) is 31.2 Å². The lowest BCUT2D eigenvalue weighted by Gasteiger charge is -2.26. The van der Waals surface area contributed by atoms with E-state index in [1.54, 1.807) is 7.11 Å². The van der Waals surface area contributed by atoms with E-state index in [0.29, 0.717) is 6.61 Å². The summed E-state index contributed by atoms with van der Waals surface area (Å²) in [4.78, 5) is 7.42. The van der Waals surface area contributed by atoms with Crippen LogP contribution in [0.2, 0.25) is 0 Å². The number of hydrogen-bond acceptors (Lipinski definition) is 4. The average Bonchev–Trinajstić information content (AvgIpc) is 3.06. The van der Waals surface area contributed by atoms with E-state index in [2.05, 4.69) is 33.7 Å². The molecular weight excluding hydrogens is 338 g/mol. The zero-order chi connectivity index (χ0) is 18.5. The van der Waals surface area contributed by atoms with Crippen molar-refractivity contribution in [3.05, 3.63) is 54.4 Å². The topological polar surface area (TPSA) is 39.5 Å². The Bertz CT molecular complexity index is 867. The molecule has 0 aliphatic carbocycles. The molecule has 4 rings (SSSR count). The first-order chi connectivity index (χ1) is 13.3. The molecule has 1 aliphatic rings. The first-order valence-corrected chi connectivity index (χ1v) is 9.77. The van der Waals surface area contributed by atoms with Crippen molar-refractivity contribution in [2.45, 2.75) is 32.4 Å². The van der Waals surface area contributed by atoms with Gasteiger partial charge in [-0.05, 0) is 62.3 Å². The molecule has 2 aromatic carbocycles. The summed E-state index contributed by atoms with van der Waals surface area (Å²) in [5, 5.41) is 0. The first-order valence-electron chi connectivity index (χ1n) is 9.77. The lowest BCUT2D eigenvalue weighted by molar-refractivity contribution is 0.211. The molecule has 142 valence electrons. The maximum Gasteiger partial charge on any atom is 0.124 e. The monoisotopic (exact) mass is 365 g/mol. The molecule has 2 heterocycles. The molecule has 0 radical (unpaired) electrons. The molecule has 0 saturated carbocycles. The molecule has 27 heavy (non-hydrogen) atoms. The van der Waals surface area contributed by atoms with Gasteiger partial charge in [0.15, 0.2) is 0 Å². The number of hydrogen-bond donors (Lipinski definition) is 0. The predicted molar refractivity (Wildman–Crippen MR) is 107 cm³/mol. The molecule has 5 heteroatoms. The Balaban J connectivity index is 1.47. The van der Waals surface area contributed by atoms with Crippen LogP contribution >= 0.6 is 0 Å². The zero-order valence-corrected chi connectivity index (χ0v) is 15.9. The number of piperidine rings is 1. The Hall–Kier alpha value is -2.53. The molecule has 1 fully saturated rings. The lowest BCUT2D eigenvalue weighted by Crippen LogP contribution is -2.30. The van der Waals surface area contributed by atoms with Crippen LogP contribution in [0.4, 0.5) is 0 Å². The van der Waals surface area contributed by atoms with Gasteiger partial charge in [0.2, 0.25) is 0 Å². The van der Waals surface area contributed by atoms with Gasteiger partial charge in [0, 0.05) is 0 Å². The summed E-state index contributed by atoms with van der Waals surface area (Å²) in [5.74, 6) is 2.83. The van der Waals surface area contributed by atoms with Crippen molar-refractivity contribution in [1.29, 1.82) is 0 Å². The molecule has 1 aliphatic heterocycles. The number of rotatable bonds is 7. The highest BCUT2D eigenvalue weighted by Crippen LogP contribution is 2.20. The second kappa shape index (κ2) is 8.44. The molecule has 0 amide bonds. The van der Waals surface area contributed by atoms with E-state index in [0.717, 1.165) is 35.9 Å². The van der Waals surface area contributed by atoms with Gasteiger partial charge >= 0.3 is 0 Å². The number of imidazole rings is 1. The average molecular weight is 365 g/mol. The largest absolute Gasteiger partial charge is 0.497 e. The van der Waals surface area contributed by atoms with Crippen LogP contribution in [-0.2, 0) is 13.1 Å². The third-order valence-electron chi connectivity index (χ3n) is 5.19. The van der Waals surface area contributed by atoms with E-state index in [1.807, 2.05) is 24.3 Å². The molecular formula is C22H27N3O2. The van der Waals surface area contributed by atoms with Crippen LogP contribution in [0.15, 0.2) is 48.5 Å². The third-order valence-corrected chi connectivity index (χ3v) is 5.19. The molecule has 0 N–H and O–H groups in total. The molecule has 0 bridgehead atoms. The van der Waals surface area contributed by atoms with E-state index in [9.17, 15) is 0 Å². The second-order valence-electron chi connectivity index (χ2n) is 7.03. The summed E-state index contributed by atoms with van der Waals surface area (Å²) in [6, 6.07) is 16.1. The minimum atomic E-state index is 0.611. The predicted octanol–water partition coefficient (Wildman–Crippen LogP) is 4.11. The van der Waals surface area contributed by atoms with Crippen LogP contribution in [0.25, 0.3) is 11.0 Å². The number of ether oxygens (including phenoxy) is 2. The minimum Gasteiger partial charge on any atom is -0.497 e. The van der Waals surface area contributed by atoms with Crippen molar-refractivity contribution in [2.75, 3.05) is 26.8 Å². The fourth-order valence-corrected chi connectivity index (χ4v) is 3.74. The standard InChI is InChI=1S/C22H27N3O2/c1-26-18-9-11-19(12-10-18)27-16-15-25-21-8-4-3-7-20(21)23-22(25)17-24-13-5-2-6-14-24/h3-4,7-12H,2,5-6,13-17H2,1H3. The molecule has 0 atom stereocenters. The second-order valence-corrected chi connectivity index (χ2v) is 7.03. The van der Waals surface area contributed by atoms with Gasteiger partial charge in [-0.3, -0.25) is 4.90 Å². The van der Waals surface area contributed by atoms with Crippen LogP contribution < -0.4 is 9.47 Å². The smallest absolute Gasteiger partial charge is 0.124 e. The van der Waals surface area contributed by atoms with Gasteiger partial charge in [-0.25, -0.2) is 4.98 Å². The summed E-state index contributed by atoms with van der Waals surface area (Å²) in [7, 11) is 1.67. The number of fused-ring (bicyclic) bond motifs is 1. The summed E-state index contributed by atoms with van der Waals surface area (Å²) >= 11 is 0. The quantitative estimate of drug-likeness (QED) is 0.632. The minimum absolute atomic E-state index is 0.611. The molecule has 5 nitrogen and oxygen atoms in total. The maximum atomic E-state index is 5.95. The molecule has 1 aromatic heterocycles. The van der Waals surface area contributed by atoms with Crippen LogP contribution in [0.1, 0.15) is 25.1 Å². The van der Waals surface area contributed by atoms with Crippen LogP contribution in [0, 0.1) is 0 Å². The SMILES string of the molecule is COc1ccc(OCCn2c(CN3CCCCC3)nc3ccccc32)cc1. The van der Waals surface area contributed by atoms with Crippen LogP contribution in [0.3, 0.4) is 0 Å². The van der Waals surface area contributed by atoms with Gasteiger partial charge in [0.25, 0.3) is 0 Å². The normalized spacial score (nSPS) is 15.1. The number of para-hydroxylation sites is 2. The Kier molecular flexibility index (Phi) is 5.58. The maximum absolute atomic E-state index is 5.95. The van der Waals surface area contributed by atoms with Crippen LogP contribution in [0.5, 0.6) is 11.5 Å². The number of likely N-dealkylation sites (tertiary alicyclic amines) is 1. The van der Waals surface area contributed by atoms with Crippen molar-refractivity contribution in [3.63, 3.8) is 0 Å². The summed E-state index contributed by atoms with van der Waals surface area (Å²) in [6.07, 6.45) is 3.93. The number of methoxy groups -OCH3 is 1. The van der Waals surface area contributed by atoms with Gasteiger partial charge in [-0.15, -0.1) is 0 Å². The van der Waals surface area contributed by atoms with Crippen molar-refractivity contribution >= 4 is 11.0 Å². The Morgan fingerprint density at radius 3 is 2.44 bits per heavy atom. The van der Waals surface area contributed by atoms with E-state index in [-0.39, 0.29) is 0 Å². The fraction of sp³-hybridized carbons (Fsp3) is 0.409. The Morgan fingerprint density at radius 2 is 1.67 bits per heavy atom. The van der Waals surface area contributed by atoms with Crippen molar-refractivity contribution < 1.29 is 9.47 Å². The van der Waals surface area contributed by atoms with Gasteiger partial charge in [0.1, 0.15) is 23.9 Å². The lowest BCUT2D eigenvalue weighted by atomic mass is 10.1. The summed E-state index contributed by atoms with van der Waals surface area (Å²) in [6.45, 7) is 4.66. The third kappa shape index (κ3) is 4.25. The van der Waals surface area contributed by atoms with Gasteiger partial charge in [-0.1, -0.05) is 18.6 Å². The van der Waals surface area contributed by atoms with Crippen molar-refractivity contribution in [1.82, 2.24) is 14.5 Å². The summed E-state index contributed by atoms with van der Waals surface area (Å²) in [5.41, 5.74) is 2.25. The Morgan fingerprint density at radius 1 is 0.926 bits per heavy atom. The van der Waals surface area contributed by atoms with Crippen molar-refractivity contribution in [3.8, 4) is 11.5 Å². The molecule has 0 spiro atoms. The number of benzene rings is 2. The van der Waals surface area contributed by atoms with E-state index >= 15 is 0 Å². The van der Waals surface area contributed by atoms with Crippen molar-refractivity contribution in [2.24, 2.45) is 0 Å². The first kappa shape index (κ1) is 17.9. The van der Waals surface area contributed by atoms with Crippen LogP contribution in [-0.4, -0.2) is 41.3 Å². The number of nitrogens with zero attached hydrogens (tertiary/aromatic N) is 3. The van der Waals surface area contributed by atoms with Gasteiger partial charge < -0.3 is 14.0 Å². The van der Waals surface area contributed by atoms with E-state index in [4.69, 9.17) is 14.5 Å². The zero-order valence-electron chi connectivity index (χ0n) is 15.9. The highest BCUT2D eigenvalue weighted by molar-refractivity contribution is 5.75. The number of aromatic nitrogens is 2. The molecule has 1 saturated heterocycles. The molecule has 3 aromatic rings. The van der Waals surface area contributed by atoms with E-state index in [1.165, 1.54) is 37.9 Å². The summed E-state index contributed by atoms with van der Waals surface area (Å²) < 4.78 is 13.5. The van der Waals surface area contributed by atoms with E-state index < -0.39 is 0 Å². The Labute approximate surface area is 160 Å². The highest BCUT2D eigenvalue weighted by Gasteiger charge is 2.16. The fourth-order valence-electron chi connectivity index (χ4n) is 3.74. The molecule has 0 unspecified atom stereocenters. The highest BCUT2D eigenvalue weighted by atomic mass is 16.5. The van der Waals surface area contributed by atoms with Gasteiger partial charge in [-0.2, -0.15) is 0 Å².